The maximum atomic E-state index is 13.0. The average Bonchev–Trinajstić information content (AvgIpc) is 3.21. The van der Waals surface area contributed by atoms with E-state index in [9.17, 15) is 14.4 Å². The molecule has 1 amide bonds. The van der Waals surface area contributed by atoms with Gasteiger partial charge in [0.2, 0.25) is 0 Å². The van der Waals surface area contributed by atoms with E-state index in [0.717, 1.165) is 63.2 Å². The van der Waals surface area contributed by atoms with Crippen molar-refractivity contribution in [2.24, 2.45) is 5.92 Å². The van der Waals surface area contributed by atoms with Crippen molar-refractivity contribution in [3.05, 3.63) is 34.9 Å². The lowest BCUT2D eigenvalue weighted by molar-refractivity contribution is -0.184. The lowest BCUT2D eigenvalue weighted by atomic mass is 9.94. The number of hydrogen-bond donors (Lipinski definition) is 0. The van der Waals surface area contributed by atoms with Gasteiger partial charge in [-0.3, -0.25) is 9.59 Å². The van der Waals surface area contributed by atoms with Crippen molar-refractivity contribution < 1.29 is 19.2 Å². The highest BCUT2D eigenvalue weighted by Crippen LogP contribution is 2.31. The molecule has 0 aromatic heterocycles. The number of nitrogens with zero attached hydrogens (tertiary/aromatic N) is 1. The molecule has 26 heavy (non-hydrogen) atoms. The van der Waals surface area contributed by atoms with Crippen LogP contribution in [0.2, 0.25) is 0 Å². The molecule has 2 aliphatic rings. The molecule has 1 aromatic rings. The van der Waals surface area contributed by atoms with Gasteiger partial charge in [0.25, 0.3) is 5.91 Å². The largest absolute Gasteiger partial charge is 0.363 e. The molecule has 2 aliphatic carbocycles. The Balaban J connectivity index is 1.77. The van der Waals surface area contributed by atoms with Crippen LogP contribution in [0.25, 0.3) is 0 Å². The maximum absolute atomic E-state index is 13.0. The maximum Gasteiger partial charge on any atom is 0.363 e. The summed E-state index contributed by atoms with van der Waals surface area (Å²) in [6, 6.07) is 4.82. The van der Waals surface area contributed by atoms with Crippen molar-refractivity contribution in [2.45, 2.75) is 70.8 Å². The minimum absolute atomic E-state index is 0.0175. The summed E-state index contributed by atoms with van der Waals surface area (Å²) in [6.45, 7) is 1.78. The lowest BCUT2D eigenvalue weighted by Gasteiger charge is -2.33. The topological polar surface area (TPSA) is 63.7 Å². The van der Waals surface area contributed by atoms with E-state index in [-0.39, 0.29) is 17.9 Å². The zero-order valence-corrected chi connectivity index (χ0v) is 15.4. The van der Waals surface area contributed by atoms with Gasteiger partial charge in [0.1, 0.15) is 6.29 Å². The summed E-state index contributed by atoms with van der Waals surface area (Å²) in [7, 11) is 0. The second kappa shape index (κ2) is 8.47. The van der Waals surface area contributed by atoms with E-state index >= 15 is 0 Å². The third kappa shape index (κ3) is 4.14. The molecule has 2 saturated carbocycles. The molecule has 0 N–H and O–H groups in total. The number of hydroxylamine groups is 2. The number of benzene rings is 1. The second-order valence-corrected chi connectivity index (χ2v) is 7.51. The molecule has 5 heteroatoms. The molecular formula is C21H27NO4. The van der Waals surface area contributed by atoms with Gasteiger partial charge in [-0.2, -0.15) is 5.06 Å². The lowest BCUT2D eigenvalue weighted by Crippen LogP contribution is -2.45. The number of amides is 1. The van der Waals surface area contributed by atoms with Crippen LogP contribution in [0, 0.1) is 12.8 Å². The van der Waals surface area contributed by atoms with Crippen LogP contribution in [0.15, 0.2) is 18.2 Å². The van der Waals surface area contributed by atoms with Crippen molar-refractivity contribution in [1.82, 2.24) is 5.06 Å². The third-order valence-corrected chi connectivity index (χ3v) is 5.64. The zero-order valence-electron chi connectivity index (χ0n) is 15.4. The average molecular weight is 357 g/mol. The predicted molar refractivity (Wildman–Crippen MR) is 97.7 cm³/mol. The molecule has 0 bridgehead atoms. The first-order valence-electron chi connectivity index (χ1n) is 9.71. The molecule has 0 atom stereocenters. The SMILES string of the molecule is Cc1cc(C(=O)ON(C(=O)C2CCCC2)C2CCCCC2)ccc1C=O. The summed E-state index contributed by atoms with van der Waals surface area (Å²) in [5.74, 6) is -0.588. The fourth-order valence-electron chi connectivity index (χ4n) is 4.04. The first-order chi connectivity index (χ1) is 12.6. The highest BCUT2D eigenvalue weighted by Gasteiger charge is 2.35. The Labute approximate surface area is 154 Å². The molecular weight excluding hydrogens is 330 g/mol. The van der Waals surface area contributed by atoms with Gasteiger partial charge in [-0.25, -0.2) is 4.79 Å². The van der Waals surface area contributed by atoms with Crippen LogP contribution in [-0.4, -0.2) is 29.3 Å². The Bertz CT molecular complexity index is 673. The minimum atomic E-state index is -0.525. The van der Waals surface area contributed by atoms with Crippen molar-refractivity contribution in [3.8, 4) is 0 Å². The molecule has 0 spiro atoms. The minimum Gasteiger partial charge on any atom is -0.332 e. The molecule has 1 aromatic carbocycles. The summed E-state index contributed by atoms with van der Waals surface area (Å²) in [6.07, 6.45) is 9.71. The Morgan fingerprint density at radius 2 is 1.69 bits per heavy atom. The summed E-state index contributed by atoms with van der Waals surface area (Å²) >= 11 is 0. The van der Waals surface area contributed by atoms with Gasteiger partial charge in [-0.1, -0.05) is 38.2 Å². The molecule has 0 heterocycles. The first-order valence-corrected chi connectivity index (χ1v) is 9.71. The summed E-state index contributed by atoms with van der Waals surface area (Å²) < 4.78 is 0. The first kappa shape index (κ1) is 18.6. The van der Waals surface area contributed by atoms with Gasteiger partial charge in [-0.05, 0) is 50.3 Å². The van der Waals surface area contributed by atoms with Crippen LogP contribution in [0.4, 0.5) is 0 Å². The van der Waals surface area contributed by atoms with E-state index < -0.39 is 5.97 Å². The molecule has 140 valence electrons. The number of aryl methyl sites for hydroxylation is 1. The van der Waals surface area contributed by atoms with Crippen LogP contribution in [0.3, 0.4) is 0 Å². The molecule has 0 unspecified atom stereocenters. The van der Waals surface area contributed by atoms with Crippen LogP contribution in [-0.2, 0) is 9.63 Å². The summed E-state index contributed by atoms with van der Waals surface area (Å²) in [5.41, 5.74) is 1.64. The molecule has 3 rings (SSSR count). The summed E-state index contributed by atoms with van der Waals surface area (Å²) in [4.78, 5) is 42.2. The molecule has 0 saturated heterocycles. The quantitative estimate of drug-likeness (QED) is 0.597. The molecule has 2 fully saturated rings. The highest BCUT2D eigenvalue weighted by atomic mass is 16.7. The van der Waals surface area contributed by atoms with E-state index in [4.69, 9.17) is 4.84 Å². The van der Waals surface area contributed by atoms with Crippen molar-refractivity contribution >= 4 is 18.2 Å². The van der Waals surface area contributed by atoms with Crippen LogP contribution >= 0.6 is 0 Å². The highest BCUT2D eigenvalue weighted by molar-refractivity contribution is 5.92. The van der Waals surface area contributed by atoms with Crippen molar-refractivity contribution in [2.75, 3.05) is 0 Å². The van der Waals surface area contributed by atoms with E-state index in [1.54, 1.807) is 25.1 Å². The van der Waals surface area contributed by atoms with Crippen LogP contribution in [0.5, 0.6) is 0 Å². The van der Waals surface area contributed by atoms with Gasteiger partial charge in [0, 0.05) is 11.5 Å². The monoisotopic (exact) mass is 357 g/mol. The van der Waals surface area contributed by atoms with Gasteiger partial charge in [0.05, 0.1) is 11.6 Å². The van der Waals surface area contributed by atoms with Gasteiger partial charge in [-0.15, -0.1) is 0 Å². The molecule has 0 aliphatic heterocycles. The van der Waals surface area contributed by atoms with E-state index in [1.807, 2.05) is 0 Å². The fourth-order valence-corrected chi connectivity index (χ4v) is 4.04. The van der Waals surface area contributed by atoms with Crippen LogP contribution in [0.1, 0.15) is 84.1 Å². The zero-order chi connectivity index (χ0) is 18.5. The predicted octanol–water partition coefficient (Wildman–Crippen LogP) is 4.23. The van der Waals surface area contributed by atoms with Crippen LogP contribution < -0.4 is 0 Å². The number of rotatable bonds is 4. The van der Waals surface area contributed by atoms with Crippen molar-refractivity contribution in [3.63, 3.8) is 0 Å². The molecule has 5 nitrogen and oxygen atoms in total. The Hall–Kier alpha value is -2.17. The van der Waals surface area contributed by atoms with E-state index in [1.165, 1.54) is 11.5 Å². The third-order valence-electron chi connectivity index (χ3n) is 5.64. The van der Waals surface area contributed by atoms with E-state index in [0.29, 0.717) is 11.1 Å². The standard InChI is InChI=1S/C21H27NO4/c1-15-13-17(11-12-18(15)14-23)21(25)26-22(19-9-3-2-4-10-19)20(24)16-7-5-6-8-16/h11-14,16,19H,2-10H2,1H3. The van der Waals surface area contributed by atoms with E-state index in [2.05, 4.69) is 0 Å². The normalized spacial score (nSPS) is 18.5. The number of aldehydes is 1. The number of carbonyl (C=O) groups is 3. The van der Waals surface area contributed by atoms with Crippen molar-refractivity contribution in [1.29, 1.82) is 0 Å². The Morgan fingerprint density at radius 3 is 2.31 bits per heavy atom. The van der Waals surface area contributed by atoms with Gasteiger partial charge >= 0.3 is 5.97 Å². The molecule has 0 radical (unpaired) electrons. The van der Waals surface area contributed by atoms with Gasteiger partial charge in [0.15, 0.2) is 0 Å². The Morgan fingerprint density at radius 1 is 1.04 bits per heavy atom. The Kier molecular flexibility index (Phi) is 6.07. The fraction of sp³-hybridized carbons (Fsp3) is 0.571. The second-order valence-electron chi connectivity index (χ2n) is 7.51. The van der Waals surface area contributed by atoms with Gasteiger partial charge < -0.3 is 4.84 Å². The number of carbonyl (C=O) groups excluding carboxylic acids is 3. The smallest absolute Gasteiger partial charge is 0.332 e. The number of hydrogen-bond acceptors (Lipinski definition) is 4. The summed E-state index contributed by atoms with van der Waals surface area (Å²) in [5, 5.41) is 1.39.